The number of aryl methyl sites for hydroxylation is 1. The zero-order chi connectivity index (χ0) is 22.6. The number of hydrogen-bond acceptors (Lipinski definition) is 2. The van der Waals surface area contributed by atoms with Crippen LogP contribution >= 0.6 is 0 Å². The highest BCUT2D eigenvalue weighted by Gasteiger charge is 2.31. The Labute approximate surface area is 170 Å². The summed E-state index contributed by atoms with van der Waals surface area (Å²) in [5.41, 5.74) is -0.257. The highest BCUT2D eigenvalue weighted by Crippen LogP contribution is 2.34. The van der Waals surface area contributed by atoms with E-state index in [9.17, 15) is 31.1 Å². The van der Waals surface area contributed by atoms with Crippen molar-refractivity contribution in [2.45, 2.75) is 19.3 Å². The van der Waals surface area contributed by atoms with Crippen molar-refractivity contribution in [3.8, 4) is 22.4 Å². The molecule has 4 rings (SSSR count). The topological polar surface area (TPSA) is 50.2 Å². The van der Waals surface area contributed by atoms with Gasteiger partial charge < -0.3 is 0 Å². The first-order valence-corrected chi connectivity index (χ1v) is 8.93. The zero-order valence-corrected chi connectivity index (χ0v) is 15.8. The summed E-state index contributed by atoms with van der Waals surface area (Å²) >= 11 is 0. The van der Waals surface area contributed by atoms with Crippen molar-refractivity contribution in [1.29, 1.82) is 0 Å². The van der Waals surface area contributed by atoms with Gasteiger partial charge in [0.25, 0.3) is 5.56 Å². The zero-order valence-electron chi connectivity index (χ0n) is 15.8. The third-order valence-electron chi connectivity index (χ3n) is 4.81. The van der Waals surface area contributed by atoms with Crippen LogP contribution in [0.25, 0.3) is 28.0 Å². The predicted molar refractivity (Wildman–Crippen MR) is 101 cm³/mol. The Hall–Kier alpha value is -3.56. The molecule has 0 amide bonds. The monoisotopic (exact) mass is 437 g/mol. The van der Waals surface area contributed by atoms with Crippen LogP contribution in [-0.2, 0) is 12.4 Å². The van der Waals surface area contributed by atoms with E-state index in [2.05, 4.69) is 10.1 Å². The predicted octanol–water partition coefficient (Wildman–Crippen LogP) is 5.70. The number of H-pyrrole nitrogens is 1. The van der Waals surface area contributed by atoms with Crippen molar-refractivity contribution < 1.29 is 26.3 Å². The van der Waals surface area contributed by atoms with Crippen molar-refractivity contribution in [3.63, 3.8) is 0 Å². The maximum Gasteiger partial charge on any atom is 0.416 e. The second-order valence-corrected chi connectivity index (χ2v) is 6.90. The van der Waals surface area contributed by atoms with E-state index in [0.717, 1.165) is 28.8 Å². The maximum absolute atomic E-state index is 12.9. The molecule has 0 unspecified atom stereocenters. The highest BCUT2D eigenvalue weighted by atomic mass is 19.4. The quantitative estimate of drug-likeness (QED) is 0.409. The van der Waals surface area contributed by atoms with Gasteiger partial charge in [-0.2, -0.15) is 26.3 Å². The number of nitrogens with zero attached hydrogens (tertiary/aromatic N) is 2. The second kappa shape index (κ2) is 7.00. The van der Waals surface area contributed by atoms with Crippen LogP contribution in [-0.4, -0.2) is 14.6 Å². The first kappa shape index (κ1) is 20.7. The number of halogens is 6. The summed E-state index contributed by atoms with van der Waals surface area (Å²) in [6.45, 7) is 1.64. The third-order valence-corrected chi connectivity index (χ3v) is 4.81. The summed E-state index contributed by atoms with van der Waals surface area (Å²) in [4.78, 5) is 16.9. The average molecular weight is 437 g/mol. The molecule has 0 aliphatic heterocycles. The molecule has 0 aliphatic carbocycles. The Kier molecular flexibility index (Phi) is 4.68. The molecule has 0 atom stereocenters. The van der Waals surface area contributed by atoms with Gasteiger partial charge in [-0.25, -0.2) is 9.50 Å². The number of nitrogens with one attached hydrogen (secondary N) is 1. The first-order chi connectivity index (χ1) is 14.4. The standard InChI is InChI=1S/C21H13F6N3O/c1-11-18(13-4-8-15(9-5-13)21(25,26)27)19-28-16(10-17(31)30(19)29-11)12-2-6-14(7-3-12)20(22,23)24/h2-10,29H,1H3. The fourth-order valence-electron chi connectivity index (χ4n) is 3.30. The molecule has 0 fully saturated rings. The van der Waals surface area contributed by atoms with Crippen LogP contribution in [0.2, 0.25) is 0 Å². The minimum Gasteiger partial charge on any atom is -0.293 e. The van der Waals surface area contributed by atoms with E-state index in [1.807, 2.05) is 0 Å². The molecular formula is C21H13F6N3O. The molecule has 0 spiro atoms. The smallest absolute Gasteiger partial charge is 0.293 e. The Morgan fingerprint density at radius 2 is 1.29 bits per heavy atom. The molecule has 2 heterocycles. The Morgan fingerprint density at radius 1 is 0.806 bits per heavy atom. The molecule has 1 N–H and O–H groups in total. The van der Waals surface area contributed by atoms with E-state index in [4.69, 9.17) is 0 Å². The molecule has 10 heteroatoms. The number of rotatable bonds is 2. The second-order valence-electron chi connectivity index (χ2n) is 6.90. The summed E-state index contributed by atoms with van der Waals surface area (Å²) < 4.78 is 78.1. The van der Waals surface area contributed by atoms with E-state index >= 15 is 0 Å². The third kappa shape index (κ3) is 3.80. The van der Waals surface area contributed by atoms with Gasteiger partial charge in [0.05, 0.1) is 16.8 Å². The van der Waals surface area contributed by atoms with E-state index in [0.29, 0.717) is 22.4 Å². The molecule has 0 radical (unpaired) electrons. The molecule has 0 aliphatic rings. The molecule has 2 aromatic heterocycles. The molecule has 4 aromatic rings. The van der Waals surface area contributed by atoms with Crippen molar-refractivity contribution in [3.05, 3.63) is 81.8 Å². The molecule has 0 bridgehead atoms. The van der Waals surface area contributed by atoms with Gasteiger partial charge in [-0.1, -0.05) is 24.3 Å². The fraction of sp³-hybridized carbons (Fsp3) is 0.143. The van der Waals surface area contributed by atoms with Crippen molar-refractivity contribution in [1.82, 2.24) is 14.6 Å². The van der Waals surface area contributed by atoms with Crippen molar-refractivity contribution >= 4 is 5.65 Å². The number of alkyl halides is 6. The lowest BCUT2D eigenvalue weighted by Gasteiger charge is -2.09. The van der Waals surface area contributed by atoms with Crippen LogP contribution in [0.4, 0.5) is 26.3 Å². The fourth-order valence-corrected chi connectivity index (χ4v) is 3.30. The first-order valence-electron chi connectivity index (χ1n) is 8.93. The summed E-state index contributed by atoms with van der Waals surface area (Å²) in [5, 5.41) is 2.82. The molecule has 0 saturated carbocycles. The van der Waals surface area contributed by atoms with Crippen LogP contribution in [0.1, 0.15) is 16.8 Å². The lowest BCUT2D eigenvalue weighted by Crippen LogP contribution is -2.14. The minimum absolute atomic E-state index is 0.144. The lowest BCUT2D eigenvalue weighted by molar-refractivity contribution is -0.138. The molecule has 4 nitrogen and oxygen atoms in total. The van der Waals surface area contributed by atoms with Crippen molar-refractivity contribution in [2.24, 2.45) is 0 Å². The van der Waals surface area contributed by atoms with Crippen molar-refractivity contribution in [2.75, 3.05) is 0 Å². The number of aromatic nitrogens is 3. The Bertz CT molecular complexity index is 1310. The van der Waals surface area contributed by atoms with E-state index in [1.165, 1.54) is 30.3 Å². The van der Waals surface area contributed by atoms with Gasteiger partial charge in [0.1, 0.15) is 0 Å². The average Bonchev–Trinajstić information content (AvgIpc) is 3.03. The van der Waals surface area contributed by atoms with Gasteiger partial charge in [-0.15, -0.1) is 0 Å². The van der Waals surface area contributed by atoms with Crippen LogP contribution in [0.15, 0.2) is 59.4 Å². The number of fused-ring (bicyclic) bond motifs is 1. The van der Waals surface area contributed by atoms with Gasteiger partial charge in [0, 0.05) is 22.9 Å². The highest BCUT2D eigenvalue weighted by molar-refractivity contribution is 5.81. The molecule has 31 heavy (non-hydrogen) atoms. The van der Waals surface area contributed by atoms with Crippen LogP contribution < -0.4 is 5.56 Å². The van der Waals surface area contributed by atoms with Gasteiger partial charge in [0.15, 0.2) is 5.65 Å². The van der Waals surface area contributed by atoms with Crippen LogP contribution in [0.5, 0.6) is 0 Å². The van der Waals surface area contributed by atoms with Crippen LogP contribution in [0, 0.1) is 6.92 Å². The van der Waals surface area contributed by atoms with Gasteiger partial charge in [-0.05, 0) is 36.8 Å². The summed E-state index contributed by atoms with van der Waals surface area (Å²) in [6.07, 6.45) is -8.98. The normalized spacial score (nSPS) is 12.5. The van der Waals surface area contributed by atoms with Gasteiger partial charge in [0.2, 0.25) is 0 Å². The van der Waals surface area contributed by atoms with Gasteiger partial charge in [-0.3, -0.25) is 9.89 Å². The summed E-state index contributed by atoms with van der Waals surface area (Å²) in [6, 6.07) is 9.76. The van der Waals surface area contributed by atoms with E-state index in [-0.39, 0.29) is 11.3 Å². The SMILES string of the molecule is Cc1[nH]n2c(=O)cc(-c3ccc(C(F)(F)F)cc3)nc2c1-c1ccc(C(F)(F)F)cc1. The molecule has 2 aromatic carbocycles. The number of aromatic amines is 1. The molecular weight excluding hydrogens is 424 g/mol. The number of benzene rings is 2. The lowest BCUT2D eigenvalue weighted by atomic mass is 10.0. The number of hydrogen-bond donors (Lipinski definition) is 1. The summed E-state index contributed by atoms with van der Waals surface area (Å²) in [5.74, 6) is 0. The minimum atomic E-state index is -4.50. The van der Waals surface area contributed by atoms with Crippen LogP contribution in [0.3, 0.4) is 0 Å². The van der Waals surface area contributed by atoms with E-state index in [1.54, 1.807) is 6.92 Å². The van der Waals surface area contributed by atoms with E-state index < -0.39 is 29.0 Å². The van der Waals surface area contributed by atoms with Gasteiger partial charge >= 0.3 is 12.4 Å². The Balaban J connectivity index is 1.84. The molecule has 160 valence electrons. The largest absolute Gasteiger partial charge is 0.416 e. The molecule has 0 saturated heterocycles. The Morgan fingerprint density at radius 3 is 1.77 bits per heavy atom. The maximum atomic E-state index is 12.9. The summed E-state index contributed by atoms with van der Waals surface area (Å²) in [7, 11) is 0.